The molecule has 6 nitrogen and oxygen atoms in total. The van der Waals surface area contributed by atoms with Crippen molar-refractivity contribution in [2.45, 2.75) is 37.3 Å². The van der Waals surface area contributed by atoms with E-state index in [2.05, 4.69) is 10.3 Å². The van der Waals surface area contributed by atoms with Gasteiger partial charge in [0.05, 0.1) is 12.6 Å². The molecule has 1 aliphatic carbocycles. The van der Waals surface area contributed by atoms with Crippen molar-refractivity contribution in [1.29, 1.82) is 0 Å². The molecule has 0 unspecified atom stereocenters. The van der Waals surface area contributed by atoms with Crippen molar-refractivity contribution < 1.29 is 18.4 Å². The summed E-state index contributed by atoms with van der Waals surface area (Å²) >= 11 is 0. The Hall–Kier alpha value is -2.09. The van der Waals surface area contributed by atoms with Gasteiger partial charge in [0, 0.05) is 49.6 Å². The lowest BCUT2D eigenvalue weighted by molar-refractivity contribution is -0.141. The van der Waals surface area contributed by atoms with Gasteiger partial charge in [-0.2, -0.15) is 0 Å². The van der Waals surface area contributed by atoms with Crippen molar-refractivity contribution in [1.82, 2.24) is 14.8 Å². The van der Waals surface area contributed by atoms with Crippen molar-refractivity contribution >= 4 is 17.5 Å². The Morgan fingerprint density at radius 2 is 1.88 bits per heavy atom. The van der Waals surface area contributed by atoms with Crippen molar-refractivity contribution in [2.75, 3.05) is 25.0 Å². The summed E-state index contributed by atoms with van der Waals surface area (Å²) in [7, 11) is 0. The van der Waals surface area contributed by atoms with Gasteiger partial charge in [-0.05, 0) is 25.0 Å². The van der Waals surface area contributed by atoms with Crippen LogP contribution in [0.25, 0.3) is 0 Å². The predicted octanol–water partition coefficient (Wildman–Crippen LogP) is 1.35. The van der Waals surface area contributed by atoms with E-state index >= 15 is 0 Å². The Bertz CT molecular complexity index is 674. The number of nitrogens with one attached hydrogen (secondary N) is 1. The fourth-order valence-corrected chi connectivity index (χ4v) is 3.56. The highest BCUT2D eigenvalue weighted by molar-refractivity contribution is 5.95. The number of likely N-dealkylation sites (tertiary alicyclic amines) is 2. The first-order valence-electron chi connectivity index (χ1n) is 8.56. The van der Waals surface area contributed by atoms with Gasteiger partial charge >= 0.3 is 0 Å². The van der Waals surface area contributed by atoms with Crippen LogP contribution in [0.4, 0.5) is 14.5 Å². The van der Waals surface area contributed by atoms with Crippen LogP contribution in [0.5, 0.6) is 0 Å². The van der Waals surface area contributed by atoms with Crippen LogP contribution >= 0.6 is 0 Å². The van der Waals surface area contributed by atoms with Crippen LogP contribution in [0.3, 0.4) is 0 Å². The second-order valence-corrected chi connectivity index (χ2v) is 7.14. The number of halogens is 2. The highest BCUT2D eigenvalue weighted by Gasteiger charge is 2.53. The number of carbonyl (C=O) groups excluding carboxylic acids is 2. The summed E-state index contributed by atoms with van der Waals surface area (Å²) in [6.07, 6.45) is 4.43. The molecule has 2 amide bonds. The molecule has 1 atom stereocenters. The molecule has 3 heterocycles. The average molecular weight is 350 g/mol. The van der Waals surface area contributed by atoms with E-state index in [0.29, 0.717) is 18.8 Å². The zero-order valence-corrected chi connectivity index (χ0v) is 13.7. The standard InChI is InChI=1S/C17H20F2N4O2/c18-17(19)7-14(15(24)21-12-3-5-20-6-4-12)23(10-17)13-8-22(9-13)16(25)11-1-2-11/h3-6,11,13-14H,1-2,7-10H2,(H,20,21,24)/t14-/m0/s1. The molecule has 25 heavy (non-hydrogen) atoms. The molecule has 1 N–H and O–H groups in total. The maximum Gasteiger partial charge on any atom is 0.262 e. The smallest absolute Gasteiger partial charge is 0.262 e. The van der Waals surface area contributed by atoms with Crippen molar-refractivity contribution in [3.63, 3.8) is 0 Å². The van der Waals surface area contributed by atoms with Gasteiger partial charge in [0.15, 0.2) is 0 Å². The normalized spacial score (nSPS) is 26.3. The number of pyridine rings is 1. The Morgan fingerprint density at radius 1 is 1.20 bits per heavy atom. The summed E-state index contributed by atoms with van der Waals surface area (Å²) < 4.78 is 27.9. The lowest BCUT2D eigenvalue weighted by Crippen LogP contribution is -2.63. The summed E-state index contributed by atoms with van der Waals surface area (Å²) in [5.41, 5.74) is 0.536. The molecule has 2 aliphatic heterocycles. The highest BCUT2D eigenvalue weighted by Crippen LogP contribution is 2.38. The Balaban J connectivity index is 1.41. The van der Waals surface area contributed by atoms with Gasteiger partial charge in [-0.15, -0.1) is 0 Å². The van der Waals surface area contributed by atoms with Gasteiger partial charge in [0.25, 0.3) is 5.92 Å². The van der Waals surface area contributed by atoms with Crippen molar-refractivity contribution in [2.24, 2.45) is 5.92 Å². The highest BCUT2D eigenvalue weighted by atomic mass is 19.3. The minimum atomic E-state index is -2.89. The molecule has 1 saturated carbocycles. The summed E-state index contributed by atoms with van der Waals surface area (Å²) in [5, 5.41) is 2.68. The Morgan fingerprint density at radius 3 is 2.52 bits per heavy atom. The third-order valence-electron chi connectivity index (χ3n) is 5.13. The number of alkyl halides is 2. The van der Waals surface area contributed by atoms with Crippen LogP contribution < -0.4 is 5.32 Å². The van der Waals surface area contributed by atoms with E-state index < -0.39 is 30.8 Å². The minimum Gasteiger partial charge on any atom is -0.339 e. The number of anilines is 1. The van der Waals surface area contributed by atoms with E-state index in [-0.39, 0.29) is 17.9 Å². The van der Waals surface area contributed by atoms with E-state index in [1.54, 1.807) is 21.9 Å². The number of carbonyl (C=O) groups is 2. The van der Waals surface area contributed by atoms with Crippen LogP contribution in [0.15, 0.2) is 24.5 Å². The molecule has 0 bridgehead atoms. The van der Waals surface area contributed by atoms with E-state index in [0.717, 1.165) is 12.8 Å². The van der Waals surface area contributed by atoms with Gasteiger partial charge in [-0.1, -0.05) is 0 Å². The number of rotatable bonds is 4. The molecule has 1 aromatic rings. The first-order chi connectivity index (χ1) is 11.9. The number of hydrogen-bond acceptors (Lipinski definition) is 4. The zero-order chi connectivity index (χ0) is 17.6. The van der Waals surface area contributed by atoms with Gasteiger partial charge in [0.2, 0.25) is 11.8 Å². The second-order valence-electron chi connectivity index (χ2n) is 7.14. The van der Waals surface area contributed by atoms with Crippen LogP contribution in [0.2, 0.25) is 0 Å². The van der Waals surface area contributed by atoms with E-state index in [1.165, 1.54) is 12.4 Å². The monoisotopic (exact) mass is 350 g/mol. The molecule has 0 aromatic carbocycles. The van der Waals surface area contributed by atoms with Crippen molar-refractivity contribution in [3.05, 3.63) is 24.5 Å². The quantitative estimate of drug-likeness (QED) is 0.890. The van der Waals surface area contributed by atoms with Gasteiger partial charge in [0.1, 0.15) is 0 Å². The second kappa shape index (κ2) is 6.01. The van der Waals surface area contributed by atoms with E-state index in [9.17, 15) is 18.4 Å². The first-order valence-corrected chi connectivity index (χ1v) is 8.56. The molecule has 2 saturated heterocycles. The molecule has 3 fully saturated rings. The average Bonchev–Trinajstić information content (AvgIpc) is 3.31. The zero-order valence-electron chi connectivity index (χ0n) is 13.7. The largest absolute Gasteiger partial charge is 0.339 e. The number of amides is 2. The molecule has 8 heteroatoms. The molecular weight excluding hydrogens is 330 g/mol. The Kier molecular flexibility index (Phi) is 3.94. The van der Waals surface area contributed by atoms with Crippen LogP contribution in [-0.2, 0) is 9.59 Å². The molecule has 1 aromatic heterocycles. The maximum absolute atomic E-state index is 13.9. The maximum atomic E-state index is 13.9. The summed E-state index contributed by atoms with van der Waals surface area (Å²) in [4.78, 5) is 31.7. The van der Waals surface area contributed by atoms with Gasteiger partial charge in [-0.25, -0.2) is 8.78 Å². The van der Waals surface area contributed by atoms with Crippen LogP contribution in [0.1, 0.15) is 19.3 Å². The lowest BCUT2D eigenvalue weighted by atomic mass is 10.0. The van der Waals surface area contributed by atoms with E-state index in [1.807, 2.05) is 0 Å². The number of hydrogen-bond donors (Lipinski definition) is 1. The van der Waals surface area contributed by atoms with Crippen LogP contribution in [-0.4, -0.2) is 64.2 Å². The Labute approximate surface area is 144 Å². The molecular formula is C17H20F2N4O2. The topological polar surface area (TPSA) is 65.5 Å². The van der Waals surface area contributed by atoms with E-state index in [4.69, 9.17) is 0 Å². The molecule has 3 aliphatic rings. The van der Waals surface area contributed by atoms with Gasteiger partial charge in [-0.3, -0.25) is 19.5 Å². The lowest BCUT2D eigenvalue weighted by Gasteiger charge is -2.45. The summed E-state index contributed by atoms with van der Waals surface area (Å²) in [5.74, 6) is -3.07. The van der Waals surface area contributed by atoms with Crippen molar-refractivity contribution in [3.8, 4) is 0 Å². The summed E-state index contributed by atoms with van der Waals surface area (Å²) in [6, 6.07) is 2.18. The first kappa shape index (κ1) is 16.4. The molecule has 0 spiro atoms. The predicted molar refractivity (Wildman–Crippen MR) is 86.0 cm³/mol. The number of nitrogens with zero attached hydrogens (tertiary/aromatic N) is 3. The summed E-state index contributed by atoms with van der Waals surface area (Å²) in [6.45, 7) is 0.437. The minimum absolute atomic E-state index is 0.125. The fourth-order valence-electron chi connectivity index (χ4n) is 3.56. The fraction of sp³-hybridized carbons (Fsp3) is 0.588. The third kappa shape index (κ3) is 3.35. The third-order valence-corrected chi connectivity index (χ3v) is 5.13. The molecule has 4 rings (SSSR count). The SMILES string of the molecule is O=C(Nc1ccncc1)[C@@H]1CC(F)(F)CN1C1CN(C(=O)C2CC2)C1. The van der Waals surface area contributed by atoms with Crippen LogP contribution in [0, 0.1) is 5.92 Å². The van der Waals surface area contributed by atoms with Gasteiger partial charge < -0.3 is 10.2 Å². The molecule has 134 valence electrons. The molecule has 0 radical (unpaired) electrons. The number of aromatic nitrogens is 1.